The Morgan fingerprint density at radius 1 is 1.44 bits per heavy atom. The molecular weight excluding hydrogens is 258 g/mol. The summed E-state index contributed by atoms with van der Waals surface area (Å²) in [5.41, 5.74) is 0. The van der Waals surface area contributed by atoms with Crippen molar-refractivity contribution in [1.82, 2.24) is 15.5 Å². The van der Waals surface area contributed by atoms with Crippen LogP contribution in [0.2, 0.25) is 0 Å². The van der Waals surface area contributed by atoms with Gasteiger partial charge in [0.05, 0.1) is 12.4 Å². The molecule has 1 rings (SSSR count). The summed E-state index contributed by atoms with van der Waals surface area (Å²) in [5.74, 6) is -0.617. The molecule has 0 saturated carbocycles. The summed E-state index contributed by atoms with van der Waals surface area (Å²) in [5, 5.41) is 14.0. The molecule has 0 bridgehead atoms. The van der Waals surface area contributed by atoms with Gasteiger partial charge in [-0.3, -0.25) is 4.79 Å². The fraction of sp³-hybridized carbons (Fsp3) is 0.700. The smallest absolute Gasteiger partial charge is 0.327 e. The first kappa shape index (κ1) is 14.6. The van der Waals surface area contributed by atoms with Crippen molar-refractivity contribution < 1.29 is 19.5 Å². The van der Waals surface area contributed by atoms with Crippen molar-refractivity contribution >= 4 is 29.7 Å². The average molecular weight is 275 g/mol. The van der Waals surface area contributed by atoms with Gasteiger partial charge in [0.2, 0.25) is 5.91 Å². The Kier molecular flexibility index (Phi) is 5.26. The Bertz CT molecular complexity index is 348. The number of carboxylic acid groups (broad SMARTS) is 1. The Balaban J connectivity index is 2.41. The van der Waals surface area contributed by atoms with Crippen LogP contribution in [0, 0.1) is 0 Å². The summed E-state index contributed by atoms with van der Waals surface area (Å²) >= 11 is 1.38. The van der Waals surface area contributed by atoms with Gasteiger partial charge in [0.25, 0.3) is 0 Å². The van der Waals surface area contributed by atoms with Gasteiger partial charge in [-0.05, 0) is 13.8 Å². The van der Waals surface area contributed by atoms with E-state index in [0.29, 0.717) is 11.6 Å². The van der Waals surface area contributed by atoms with Crippen molar-refractivity contribution in [2.75, 3.05) is 18.2 Å². The summed E-state index contributed by atoms with van der Waals surface area (Å²) in [4.78, 5) is 35.1. The Morgan fingerprint density at radius 3 is 2.67 bits per heavy atom. The number of hydrogen-bond acceptors (Lipinski definition) is 4. The first-order valence-corrected chi connectivity index (χ1v) is 6.71. The normalized spacial score (nSPS) is 18.8. The molecule has 0 aromatic heterocycles. The van der Waals surface area contributed by atoms with Crippen molar-refractivity contribution in [3.8, 4) is 0 Å². The minimum atomic E-state index is -1.03. The zero-order valence-corrected chi connectivity index (χ0v) is 11.1. The van der Waals surface area contributed by atoms with E-state index >= 15 is 0 Å². The molecule has 102 valence electrons. The predicted molar refractivity (Wildman–Crippen MR) is 67.3 cm³/mol. The third-order valence-corrected chi connectivity index (χ3v) is 3.29. The molecule has 1 atom stereocenters. The Labute approximate surface area is 109 Å². The highest BCUT2D eigenvalue weighted by Gasteiger charge is 2.34. The largest absolute Gasteiger partial charge is 0.480 e. The first-order valence-electron chi connectivity index (χ1n) is 5.56. The Morgan fingerprint density at radius 2 is 2.11 bits per heavy atom. The Hall–Kier alpha value is -1.44. The third kappa shape index (κ3) is 4.10. The van der Waals surface area contributed by atoms with Crippen LogP contribution < -0.4 is 10.6 Å². The molecule has 1 aliphatic rings. The lowest BCUT2D eigenvalue weighted by atomic mass is 10.3. The number of aliphatic carboxylic acids is 1. The van der Waals surface area contributed by atoms with E-state index in [1.807, 2.05) is 13.8 Å². The topological polar surface area (TPSA) is 98.7 Å². The zero-order chi connectivity index (χ0) is 13.7. The maximum absolute atomic E-state index is 11.7. The number of amides is 3. The number of nitrogens with zero attached hydrogens (tertiary/aromatic N) is 1. The summed E-state index contributed by atoms with van der Waals surface area (Å²) in [6.07, 6.45) is 0. The fourth-order valence-corrected chi connectivity index (χ4v) is 2.62. The number of carboxylic acids is 1. The molecule has 0 radical (unpaired) electrons. The maximum atomic E-state index is 11.7. The molecule has 3 N–H and O–H groups in total. The fourth-order valence-electron chi connectivity index (χ4n) is 1.48. The van der Waals surface area contributed by atoms with Crippen molar-refractivity contribution in [1.29, 1.82) is 0 Å². The number of rotatable bonds is 4. The summed E-state index contributed by atoms with van der Waals surface area (Å²) in [6, 6.07) is -1.34. The third-order valence-electron chi connectivity index (χ3n) is 2.28. The van der Waals surface area contributed by atoms with Crippen LogP contribution in [0.3, 0.4) is 0 Å². The van der Waals surface area contributed by atoms with Crippen LogP contribution in [0.4, 0.5) is 4.79 Å². The molecule has 7 nitrogen and oxygen atoms in total. The molecule has 0 aromatic rings. The van der Waals surface area contributed by atoms with Crippen LogP contribution in [-0.4, -0.2) is 58.2 Å². The van der Waals surface area contributed by atoms with Gasteiger partial charge in [0, 0.05) is 11.8 Å². The molecule has 0 aromatic carbocycles. The van der Waals surface area contributed by atoms with Crippen LogP contribution in [-0.2, 0) is 9.59 Å². The van der Waals surface area contributed by atoms with E-state index in [1.165, 1.54) is 16.7 Å². The maximum Gasteiger partial charge on any atom is 0.327 e. The van der Waals surface area contributed by atoms with Crippen LogP contribution >= 0.6 is 11.8 Å². The van der Waals surface area contributed by atoms with E-state index < -0.39 is 18.0 Å². The van der Waals surface area contributed by atoms with Gasteiger partial charge in [-0.1, -0.05) is 0 Å². The number of carbonyl (C=O) groups is 3. The molecule has 0 spiro atoms. The number of hydrogen-bond donors (Lipinski definition) is 3. The summed E-state index contributed by atoms with van der Waals surface area (Å²) in [7, 11) is 0. The lowest BCUT2D eigenvalue weighted by Crippen LogP contribution is -2.49. The summed E-state index contributed by atoms with van der Waals surface area (Å²) in [6.45, 7) is 3.49. The van der Waals surface area contributed by atoms with Gasteiger partial charge in [0.1, 0.15) is 6.04 Å². The number of thioether (sulfide) groups is 1. The highest BCUT2D eigenvalue weighted by molar-refractivity contribution is 7.99. The van der Waals surface area contributed by atoms with Crippen molar-refractivity contribution in [3.05, 3.63) is 0 Å². The van der Waals surface area contributed by atoms with Crippen molar-refractivity contribution in [3.63, 3.8) is 0 Å². The van der Waals surface area contributed by atoms with E-state index in [2.05, 4.69) is 10.6 Å². The zero-order valence-electron chi connectivity index (χ0n) is 10.3. The monoisotopic (exact) mass is 275 g/mol. The SMILES string of the molecule is CC(C)NC(=O)CNC(=O)N1CSC[C@H]1C(=O)O. The first-order chi connectivity index (χ1) is 8.41. The van der Waals surface area contributed by atoms with Gasteiger partial charge in [0.15, 0.2) is 0 Å². The average Bonchev–Trinajstić information content (AvgIpc) is 2.73. The minimum Gasteiger partial charge on any atom is -0.480 e. The van der Waals surface area contributed by atoms with E-state index in [0.717, 1.165) is 0 Å². The number of nitrogens with one attached hydrogen (secondary N) is 2. The second-order valence-corrected chi connectivity index (χ2v) is 5.20. The lowest BCUT2D eigenvalue weighted by Gasteiger charge is -2.20. The van der Waals surface area contributed by atoms with Crippen LogP contribution in [0.25, 0.3) is 0 Å². The molecule has 8 heteroatoms. The molecule has 1 aliphatic heterocycles. The highest BCUT2D eigenvalue weighted by Crippen LogP contribution is 2.20. The van der Waals surface area contributed by atoms with Gasteiger partial charge in [-0.25, -0.2) is 9.59 Å². The lowest BCUT2D eigenvalue weighted by molar-refractivity contribution is -0.140. The van der Waals surface area contributed by atoms with Crippen LogP contribution in [0.5, 0.6) is 0 Å². The minimum absolute atomic E-state index is 0.00325. The van der Waals surface area contributed by atoms with Gasteiger partial charge >= 0.3 is 12.0 Å². The van der Waals surface area contributed by atoms with Gasteiger partial charge in [-0.2, -0.15) is 0 Å². The molecule has 1 heterocycles. The molecule has 1 fully saturated rings. The quantitative estimate of drug-likeness (QED) is 0.653. The summed E-state index contributed by atoms with van der Waals surface area (Å²) < 4.78 is 0. The second kappa shape index (κ2) is 6.48. The predicted octanol–water partition coefficient (Wildman–Crippen LogP) is -0.320. The van der Waals surface area contributed by atoms with Crippen LogP contribution in [0.15, 0.2) is 0 Å². The van der Waals surface area contributed by atoms with Crippen LogP contribution in [0.1, 0.15) is 13.8 Å². The molecule has 1 saturated heterocycles. The van der Waals surface area contributed by atoms with E-state index in [-0.39, 0.29) is 18.5 Å². The highest BCUT2D eigenvalue weighted by atomic mass is 32.2. The van der Waals surface area contributed by atoms with E-state index in [1.54, 1.807) is 0 Å². The van der Waals surface area contributed by atoms with E-state index in [9.17, 15) is 14.4 Å². The molecule has 0 aliphatic carbocycles. The van der Waals surface area contributed by atoms with Gasteiger partial charge in [-0.15, -0.1) is 11.8 Å². The van der Waals surface area contributed by atoms with E-state index in [4.69, 9.17) is 5.11 Å². The molecular formula is C10H17N3O4S. The number of urea groups is 1. The molecule has 3 amide bonds. The van der Waals surface area contributed by atoms with Gasteiger partial charge < -0.3 is 20.6 Å². The van der Waals surface area contributed by atoms with Crippen molar-refractivity contribution in [2.45, 2.75) is 25.9 Å². The molecule has 18 heavy (non-hydrogen) atoms. The standard InChI is InChI=1S/C10H17N3O4S/c1-6(2)12-8(14)3-11-10(17)13-5-18-4-7(13)9(15)16/h6-7H,3-5H2,1-2H3,(H,11,17)(H,12,14)(H,15,16)/t7-/m0/s1. The van der Waals surface area contributed by atoms with Crippen molar-refractivity contribution in [2.24, 2.45) is 0 Å². The molecule has 0 unspecified atom stereocenters. The second-order valence-electron chi connectivity index (χ2n) is 4.20. The number of carbonyl (C=O) groups excluding carboxylic acids is 2.